The highest BCUT2D eigenvalue weighted by Crippen LogP contribution is 2.35. The minimum atomic E-state index is 0.898. The van der Waals surface area contributed by atoms with Gasteiger partial charge in [-0.05, 0) is 106 Å². The molecule has 5 aromatic carbocycles. The van der Waals surface area contributed by atoms with Crippen LogP contribution in [0.25, 0.3) is 77.3 Å². The van der Waals surface area contributed by atoms with Gasteiger partial charge >= 0.3 is 0 Å². The van der Waals surface area contributed by atoms with Gasteiger partial charge in [0.2, 0.25) is 0 Å². The highest BCUT2D eigenvalue weighted by Gasteiger charge is 2.17. The predicted molar refractivity (Wildman–Crippen MR) is 178 cm³/mol. The predicted octanol–water partition coefficient (Wildman–Crippen LogP) is 10.3. The zero-order chi connectivity index (χ0) is 28.2. The molecule has 0 aliphatic heterocycles. The highest BCUT2D eigenvalue weighted by molar-refractivity contribution is 6.11. The van der Waals surface area contributed by atoms with Crippen molar-refractivity contribution >= 4 is 55.1 Å². The lowest BCUT2D eigenvalue weighted by Gasteiger charge is -2.12. The molecule has 0 bridgehead atoms. The van der Waals surface area contributed by atoms with Crippen LogP contribution in [0.4, 0.5) is 0 Å². The molecule has 0 saturated heterocycles. The van der Waals surface area contributed by atoms with Crippen LogP contribution in [-0.4, -0.2) is 14.4 Å². The Morgan fingerprint density at radius 1 is 0.643 bits per heavy atom. The van der Waals surface area contributed by atoms with Crippen LogP contribution in [0.2, 0.25) is 0 Å². The number of aromatic nitrogens is 3. The first-order valence-corrected chi connectivity index (χ1v) is 14.6. The molecular weight excluding hydrogens is 510 g/mol. The Bertz CT molecular complexity index is 2360. The van der Waals surface area contributed by atoms with Gasteiger partial charge in [-0.2, -0.15) is 0 Å². The standard InChI is InChI=1S/C39H29N3/c1-3-8-35-36(4-2)42-37-19-18-32(24-34(37)38-33(39(42)41-35)11-7-20-40-38)31-17-16-29-22-28(14-15-30(29)23-31)27-13-12-25-9-5-6-10-26(25)21-27/h3,5-24H,4H2,1-2H3/b8-3-. The van der Waals surface area contributed by atoms with E-state index in [1.54, 1.807) is 0 Å². The second kappa shape index (κ2) is 9.67. The van der Waals surface area contributed by atoms with Crippen LogP contribution in [-0.2, 0) is 6.42 Å². The van der Waals surface area contributed by atoms with Crippen LogP contribution in [0.1, 0.15) is 25.2 Å². The molecule has 8 rings (SSSR count). The first-order valence-electron chi connectivity index (χ1n) is 14.6. The van der Waals surface area contributed by atoms with Crippen molar-refractivity contribution < 1.29 is 0 Å². The third kappa shape index (κ3) is 3.82. The van der Waals surface area contributed by atoms with Crippen molar-refractivity contribution in [1.29, 1.82) is 0 Å². The number of nitrogens with zero attached hydrogens (tertiary/aromatic N) is 3. The molecule has 3 nitrogen and oxygen atoms in total. The molecule has 0 unspecified atom stereocenters. The molecule has 42 heavy (non-hydrogen) atoms. The van der Waals surface area contributed by atoms with Gasteiger partial charge in [-0.1, -0.05) is 79.7 Å². The van der Waals surface area contributed by atoms with Crippen LogP contribution < -0.4 is 0 Å². The maximum atomic E-state index is 5.05. The highest BCUT2D eigenvalue weighted by atomic mass is 15.0. The van der Waals surface area contributed by atoms with Crippen molar-refractivity contribution in [3.05, 3.63) is 133 Å². The fourth-order valence-corrected chi connectivity index (χ4v) is 6.42. The van der Waals surface area contributed by atoms with Crippen LogP contribution in [0.3, 0.4) is 0 Å². The summed E-state index contributed by atoms with van der Waals surface area (Å²) < 4.78 is 2.33. The van der Waals surface area contributed by atoms with Gasteiger partial charge in [-0.25, -0.2) is 4.98 Å². The Kier molecular flexibility index (Phi) is 5.65. The fraction of sp³-hybridized carbons (Fsp3) is 0.0769. The van der Waals surface area contributed by atoms with Gasteiger partial charge in [-0.15, -0.1) is 0 Å². The molecule has 0 fully saturated rings. The first kappa shape index (κ1) is 24.5. The van der Waals surface area contributed by atoms with E-state index in [4.69, 9.17) is 9.97 Å². The second-order valence-corrected chi connectivity index (χ2v) is 10.9. The summed E-state index contributed by atoms with van der Waals surface area (Å²) in [6.07, 6.45) is 6.95. The number of hydrogen-bond donors (Lipinski definition) is 0. The van der Waals surface area contributed by atoms with Crippen molar-refractivity contribution in [3.63, 3.8) is 0 Å². The minimum Gasteiger partial charge on any atom is -0.295 e. The van der Waals surface area contributed by atoms with E-state index in [-0.39, 0.29) is 0 Å². The monoisotopic (exact) mass is 539 g/mol. The Hall–Kier alpha value is -5.28. The summed E-state index contributed by atoms with van der Waals surface area (Å²) in [4.78, 5) is 9.89. The Balaban J connectivity index is 1.27. The Morgan fingerprint density at radius 2 is 1.26 bits per heavy atom. The molecule has 8 aromatic rings. The smallest absolute Gasteiger partial charge is 0.147 e. The Labute approximate surface area is 244 Å². The normalized spacial score (nSPS) is 12.0. The molecule has 0 N–H and O–H groups in total. The van der Waals surface area contributed by atoms with Gasteiger partial charge in [0, 0.05) is 17.0 Å². The zero-order valence-electron chi connectivity index (χ0n) is 23.7. The number of aryl methyl sites for hydroxylation is 1. The van der Waals surface area contributed by atoms with Crippen LogP contribution in [0.15, 0.2) is 121 Å². The lowest BCUT2D eigenvalue weighted by atomic mass is 9.96. The van der Waals surface area contributed by atoms with Gasteiger partial charge < -0.3 is 0 Å². The number of rotatable bonds is 4. The summed E-state index contributed by atoms with van der Waals surface area (Å²) >= 11 is 0. The van der Waals surface area contributed by atoms with E-state index in [0.29, 0.717) is 0 Å². The third-order valence-corrected chi connectivity index (χ3v) is 8.46. The quantitative estimate of drug-likeness (QED) is 0.208. The topological polar surface area (TPSA) is 30.2 Å². The molecule has 0 aliphatic carbocycles. The summed E-state index contributed by atoms with van der Waals surface area (Å²) in [5.41, 5.74) is 10.2. The summed E-state index contributed by atoms with van der Waals surface area (Å²) in [7, 11) is 0. The minimum absolute atomic E-state index is 0.898. The molecule has 200 valence electrons. The Morgan fingerprint density at radius 3 is 1.95 bits per heavy atom. The molecule has 3 aromatic heterocycles. The summed E-state index contributed by atoms with van der Waals surface area (Å²) in [5, 5.41) is 7.22. The van der Waals surface area contributed by atoms with Crippen LogP contribution in [0, 0.1) is 0 Å². The summed E-state index contributed by atoms with van der Waals surface area (Å²) in [6.45, 7) is 4.24. The molecular formula is C39H29N3. The lowest BCUT2D eigenvalue weighted by Crippen LogP contribution is -1.97. The van der Waals surface area contributed by atoms with Gasteiger partial charge in [0.25, 0.3) is 0 Å². The second-order valence-electron chi connectivity index (χ2n) is 10.9. The van der Waals surface area contributed by atoms with Gasteiger partial charge in [-0.3, -0.25) is 9.38 Å². The van der Waals surface area contributed by atoms with Crippen LogP contribution in [0.5, 0.6) is 0 Å². The molecule has 0 amide bonds. The van der Waals surface area contributed by atoms with Crippen molar-refractivity contribution in [2.24, 2.45) is 0 Å². The van der Waals surface area contributed by atoms with Gasteiger partial charge in [0.15, 0.2) is 0 Å². The maximum Gasteiger partial charge on any atom is 0.147 e. The van der Waals surface area contributed by atoms with E-state index in [1.807, 2.05) is 19.2 Å². The van der Waals surface area contributed by atoms with Crippen molar-refractivity contribution in [1.82, 2.24) is 14.4 Å². The van der Waals surface area contributed by atoms with Crippen molar-refractivity contribution in [3.8, 4) is 22.3 Å². The van der Waals surface area contributed by atoms with E-state index < -0.39 is 0 Å². The molecule has 0 saturated carbocycles. The third-order valence-electron chi connectivity index (χ3n) is 8.46. The summed E-state index contributed by atoms with van der Waals surface area (Å²) in [6, 6.07) is 39.7. The van der Waals surface area contributed by atoms with E-state index in [9.17, 15) is 0 Å². The van der Waals surface area contributed by atoms with E-state index in [1.165, 1.54) is 49.5 Å². The molecule has 0 radical (unpaired) electrons. The lowest BCUT2D eigenvalue weighted by molar-refractivity contribution is 1.02. The van der Waals surface area contributed by atoms with Crippen molar-refractivity contribution in [2.75, 3.05) is 0 Å². The fourth-order valence-electron chi connectivity index (χ4n) is 6.42. The number of benzene rings is 5. The van der Waals surface area contributed by atoms with E-state index in [2.05, 4.69) is 127 Å². The molecule has 0 atom stereocenters. The molecule has 3 heteroatoms. The van der Waals surface area contributed by atoms with Crippen LogP contribution >= 0.6 is 0 Å². The molecule has 0 aliphatic rings. The average Bonchev–Trinajstić information content (AvgIpc) is 3.42. The number of hydrogen-bond acceptors (Lipinski definition) is 2. The van der Waals surface area contributed by atoms with Crippen molar-refractivity contribution in [2.45, 2.75) is 20.3 Å². The zero-order valence-corrected chi connectivity index (χ0v) is 23.7. The largest absolute Gasteiger partial charge is 0.295 e. The van der Waals surface area contributed by atoms with Gasteiger partial charge in [0.05, 0.1) is 22.4 Å². The maximum absolute atomic E-state index is 5.05. The molecule has 3 heterocycles. The number of allylic oxidation sites excluding steroid dienone is 1. The van der Waals surface area contributed by atoms with Gasteiger partial charge in [0.1, 0.15) is 5.65 Å². The SMILES string of the molecule is C/C=C\c1nc2c3cccnc3c3cc(-c4ccc5cc(-c6ccc7ccccc7c6)ccc5c4)ccc3n2c1CC. The average molecular weight is 540 g/mol. The summed E-state index contributed by atoms with van der Waals surface area (Å²) in [5.74, 6) is 0. The number of pyridine rings is 2. The number of fused-ring (bicyclic) bond motifs is 8. The molecule has 0 spiro atoms. The van der Waals surface area contributed by atoms with E-state index >= 15 is 0 Å². The number of imidazole rings is 1. The first-order chi connectivity index (χ1) is 20.7. The van der Waals surface area contributed by atoms with E-state index in [0.717, 1.165) is 39.6 Å².